The highest BCUT2D eigenvalue weighted by Crippen LogP contribution is 2.32. The highest BCUT2D eigenvalue weighted by Gasteiger charge is 2.47. The molecule has 2 heterocycles. The smallest absolute Gasteiger partial charge is 0.497 e. The van der Waals surface area contributed by atoms with E-state index in [1.165, 1.54) is 16.6 Å². The first-order valence-corrected chi connectivity index (χ1v) is 12.3. The maximum absolute atomic E-state index is 13.2. The Morgan fingerprint density at radius 1 is 1.00 bits per heavy atom. The average Bonchev–Trinajstić information content (AvgIpc) is 2.89. The SMILES string of the molecule is COCC(=O)N1CCN(C(=O)C2CCC(CN3C(=O)C4C=C(OC)C=CC4=[N+](C)C3=O)CC2)CC1. The van der Waals surface area contributed by atoms with E-state index in [0.717, 1.165) is 25.7 Å². The molecule has 1 unspecified atom stereocenters. The fourth-order valence-corrected chi connectivity index (χ4v) is 5.45. The third kappa shape index (κ3) is 5.17. The Labute approximate surface area is 205 Å². The number of methoxy groups -OCH3 is 2. The Morgan fingerprint density at radius 2 is 1.66 bits per heavy atom. The number of amides is 5. The van der Waals surface area contributed by atoms with Gasteiger partial charge in [-0.1, -0.05) is 0 Å². The van der Waals surface area contributed by atoms with Crippen molar-refractivity contribution in [3.8, 4) is 0 Å². The van der Waals surface area contributed by atoms with E-state index in [9.17, 15) is 19.2 Å². The van der Waals surface area contributed by atoms with Crippen molar-refractivity contribution in [2.24, 2.45) is 17.8 Å². The summed E-state index contributed by atoms with van der Waals surface area (Å²) < 4.78 is 11.7. The van der Waals surface area contributed by atoms with Gasteiger partial charge in [0.25, 0.3) is 0 Å². The first-order chi connectivity index (χ1) is 16.8. The molecule has 1 atom stereocenters. The van der Waals surface area contributed by atoms with Crippen LogP contribution in [0.3, 0.4) is 0 Å². The number of nitrogens with zero attached hydrogens (tertiary/aromatic N) is 4. The molecular weight excluding hydrogens is 452 g/mol. The largest absolute Gasteiger partial charge is 0.500 e. The molecule has 0 N–H and O–H groups in total. The summed E-state index contributed by atoms with van der Waals surface area (Å²) in [5, 5.41) is 0. The molecule has 190 valence electrons. The standard InChI is InChI=1S/C25H35N4O6/c1-26-21-9-8-19(35-3)14-20(21)24(32)29(25(26)33)15-17-4-6-18(7-5-17)23(31)28-12-10-27(11-13-28)22(30)16-34-2/h8-9,14,17-18,20H,4-7,10-13,15-16H2,1-3H3/q+1. The highest BCUT2D eigenvalue weighted by atomic mass is 16.5. The molecule has 10 nitrogen and oxygen atoms in total. The van der Waals surface area contributed by atoms with Gasteiger partial charge in [-0.3, -0.25) is 9.59 Å². The Balaban J connectivity index is 1.30. The number of urea groups is 1. The lowest BCUT2D eigenvalue weighted by molar-refractivity contribution is -0.406. The predicted octanol–water partition coefficient (Wildman–Crippen LogP) is 0.872. The topological polar surface area (TPSA) is 99.5 Å². The van der Waals surface area contributed by atoms with Gasteiger partial charge in [0, 0.05) is 39.2 Å². The minimum atomic E-state index is -0.523. The second kappa shape index (κ2) is 10.7. The van der Waals surface area contributed by atoms with Crippen molar-refractivity contribution in [2.45, 2.75) is 25.7 Å². The number of imide groups is 1. The van der Waals surface area contributed by atoms with Crippen LogP contribution in [0, 0.1) is 17.8 Å². The molecule has 4 rings (SSSR count). The number of fused-ring (bicyclic) bond motifs is 1. The minimum absolute atomic E-state index is 0.0430. The van der Waals surface area contributed by atoms with Crippen LogP contribution in [0.25, 0.3) is 0 Å². The highest BCUT2D eigenvalue weighted by molar-refractivity contribution is 6.16. The molecule has 0 bridgehead atoms. The monoisotopic (exact) mass is 487 g/mol. The van der Waals surface area contributed by atoms with Crippen LogP contribution in [0.15, 0.2) is 24.0 Å². The average molecular weight is 488 g/mol. The predicted molar refractivity (Wildman–Crippen MR) is 127 cm³/mol. The fraction of sp³-hybridized carbons (Fsp3) is 0.640. The zero-order valence-electron chi connectivity index (χ0n) is 20.8. The number of hydrogen-bond acceptors (Lipinski definition) is 6. The van der Waals surface area contributed by atoms with E-state index >= 15 is 0 Å². The van der Waals surface area contributed by atoms with Crippen LogP contribution in [-0.2, 0) is 23.9 Å². The van der Waals surface area contributed by atoms with Crippen molar-refractivity contribution in [1.29, 1.82) is 0 Å². The normalized spacial score (nSPS) is 27.1. The van der Waals surface area contributed by atoms with Crippen LogP contribution in [0.2, 0.25) is 0 Å². The van der Waals surface area contributed by atoms with Crippen molar-refractivity contribution in [1.82, 2.24) is 14.7 Å². The number of ether oxygens (including phenoxy) is 2. The summed E-state index contributed by atoms with van der Waals surface area (Å²) in [7, 11) is 4.75. The summed E-state index contributed by atoms with van der Waals surface area (Å²) in [6.07, 6.45) is 8.36. The molecule has 0 aromatic rings. The van der Waals surface area contributed by atoms with Crippen LogP contribution < -0.4 is 0 Å². The molecule has 0 radical (unpaired) electrons. The van der Waals surface area contributed by atoms with Crippen LogP contribution in [-0.4, -0.2) is 109 Å². The van der Waals surface area contributed by atoms with Crippen molar-refractivity contribution in [3.63, 3.8) is 0 Å². The lowest BCUT2D eigenvalue weighted by Crippen LogP contribution is -2.55. The molecule has 1 saturated carbocycles. The van der Waals surface area contributed by atoms with Crippen molar-refractivity contribution >= 4 is 29.5 Å². The van der Waals surface area contributed by atoms with Crippen LogP contribution in [0.5, 0.6) is 0 Å². The van der Waals surface area contributed by atoms with E-state index in [-0.39, 0.29) is 42.2 Å². The lowest BCUT2D eigenvalue weighted by Gasteiger charge is -2.38. The number of carbonyl (C=O) groups is 4. The van der Waals surface area contributed by atoms with Crippen molar-refractivity contribution in [3.05, 3.63) is 24.0 Å². The van der Waals surface area contributed by atoms with Gasteiger partial charge in [0.1, 0.15) is 30.5 Å². The van der Waals surface area contributed by atoms with E-state index < -0.39 is 5.92 Å². The lowest BCUT2D eigenvalue weighted by atomic mass is 9.80. The quantitative estimate of drug-likeness (QED) is 0.516. The second-order valence-electron chi connectivity index (χ2n) is 9.66. The number of carbonyl (C=O) groups excluding carboxylic acids is 4. The first kappa shape index (κ1) is 25.1. The van der Waals surface area contributed by atoms with Gasteiger partial charge < -0.3 is 19.3 Å². The molecule has 2 aliphatic heterocycles. The van der Waals surface area contributed by atoms with Gasteiger partial charge in [-0.25, -0.2) is 4.79 Å². The molecule has 0 aromatic carbocycles. The summed E-state index contributed by atoms with van der Waals surface area (Å²) in [5.74, 6) is 0.103. The summed E-state index contributed by atoms with van der Waals surface area (Å²) in [6.45, 7) is 2.59. The van der Waals surface area contributed by atoms with Gasteiger partial charge in [-0.05, 0) is 49.8 Å². The molecule has 0 aromatic heterocycles. The third-order valence-electron chi connectivity index (χ3n) is 7.59. The van der Waals surface area contributed by atoms with E-state index in [1.54, 1.807) is 37.3 Å². The molecule has 4 aliphatic rings. The van der Waals surface area contributed by atoms with Gasteiger partial charge in [-0.15, -0.1) is 0 Å². The third-order valence-corrected chi connectivity index (χ3v) is 7.59. The second-order valence-corrected chi connectivity index (χ2v) is 9.66. The summed E-state index contributed by atoms with van der Waals surface area (Å²) in [5.41, 5.74) is 0.662. The minimum Gasteiger partial charge on any atom is -0.497 e. The van der Waals surface area contributed by atoms with Gasteiger partial charge in [0.2, 0.25) is 11.8 Å². The molecule has 35 heavy (non-hydrogen) atoms. The van der Waals surface area contributed by atoms with Gasteiger partial charge >= 0.3 is 11.9 Å². The Kier molecular flexibility index (Phi) is 7.69. The summed E-state index contributed by atoms with van der Waals surface area (Å²) in [4.78, 5) is 56.1. The molecule has 2 fully saturated rings. The number of allylic oxidation sites excluding steroid dienone is 2. The van der Waals surface area contributed by atoms with Gasteiger partial charge in [-0.2, -0.15) is 14.3 Å². The first-order valence-electron chi connectivity index (χ1n) is 12.3. The fourth-order valence-electron chi connectivity index (χ4n) is 5.45. The van der Waals surface area contributed by atoms with Crippen molar-refractivity contribution in [2.75, 3.05) is 60.6 Å². The van der Waals surface area contributed by atoms with Gasteiger partial charge in [0.15, 0.2) is 0 Å². The van der Waals surface area contributed by atoms with E-state index in [2.05, 4.69) is 0 Å². The number of piperazine rings is 1. The molecule has 10 heteroatoms. The molecule has 2 aliphatic carbocycles. The number of hydrogen-bond donors (Lipinski definition) is 0. The molecule has 0 spiro atoms. The molecule has 5 amide bonds. The van der Waals surface area contributed by atoms with Crippen LogP contribution >= 0.6 is 0 Å². The Bertz CT molecular complexity index is 970. The van der Waals surface area contributed by atoms with Crippen molar-refractivity contribution < 1.29 is 33.2 Å². The summed E-state index contributed by atoms with van der Waals surface area (Å²) >= 11 is 0. The van der Waals surface area contributed by atoms with Crippen LogP contribution in [0.1, 0.15) is 25.7 Å². The van der Waals surface area contributed by atoms with E-state index in [4.69, 9.17) is 9.47 Å². The Morgan fingerprint density at radius 3 is 2.29 bits per heavy atom. The van der Waals surface area contributed by atoms with E-state index in [0.29, 0.717) is 44.2 Å². The van der Waals surface area contributed by atoms with Crippen LogP contribution in [0.4, 0.5) is 4.79 Å². The molecule has 1 saturated heterocycles. The summed E-state index contributed by atoms with van der Waals surface area (Å²) in [6, 6.07) is -0.306. The van der Waals surface area contributed by atoms with Gasteiger partial charge in [0.05, 0.1) is 14.2 Å². The van der Waals surface area contributed by atoms with E-state index in [1.807, 2.05) is 4.90 Å². The zero-order chi connectivity index (χ0) is 25.1. The maximum atomic E-state index is 13.2. The zero-order valence-corrected chi connectivity index (χ0v) is 20.8. The Hall–Kier alpha value is -3.01. The number of rotatable bonds is 6. The maximum Gasteiger partial charge on any atom is 0.500 e. The molecular formula is C25H35N4O6+.